The topological polar surface area (TPSA) is 0 Å². The fourth-order valence-corrected chi connectivity index (χ4v) is 24.6. The number of allylic oxidation sites excluding steroid dienone is 1. The van der Waals surface area contributed by atoms with Crippen LogP contribution in [-0.2, 0) is 0 Å². The van der Waals surface area contributed by atoms with Crippen molar-refractivity contribution in [2.75, 3.05) is 5.75 Å². The monoisotopic (exact) mass is 390 g/mol. The van der Waals surface area contributed by atoms with E-state index in [1.807, 2.05) is 2.92 Å². The van der Waals surface area contributed by atoms with Gasteiger partial charge in [-0.1, -0.05) is 0 Å². The van der Waals surface area contributed by atoms with Gasteiger partial charge in [-0.2, -0.15) is 0 Å². The third-order valence-corrected chi connectivity index (χ3v) is 24.4. The molecular weight excluding hydrogens is 355 g/mol. The maximum absolute atomic E-state index is 2.69. The van der Waals surface area contributed by atoms with Gasteiger partial charge in [0.05, 0.1) is 0 Å². The van der Waals surface area contributed by atoms with Gasteiger partial charge in [-0.15, -0.1) is 0 Å². The molecule has 0 spiro atoms. The maximum atomic E-state index is 2.69. The predicted molar refractivity (Wildman–Crippen MR) is 94.7 cm³/mol. The van der Waals surface area contributed by atoms with Gasteiger partial charge in [0, 0.05) is 0 Å². The van der Waals surface area contributed by atoms with Gasteiger partial charge in [0.2, 0.25) is 0 Å². The molecule has 0 N–H and O–H groups in total. The van der Waals surface area contributed by atoms with Crippen LogP contribution in [0.1, 0.15) is 72.1 Å². The molecular formula is C17H34SSn. The zero-order valence-corrected chi connectivity index (χ0v) is 17.1. The van der Waals surface area contributed by atoms with E-state index in [0.29, 0.717) is 0 Å². The molecule has 0 aromatic heterocycles. The molecule has 0 unspecified atom stereocenters. The predicted octanol–water partition coefficient (Wildman–Crippen LogP) is 6.79. The summed E-state index contributed by atoms with van der Waals surface area (Å²) in [5.41, 5.74) is 0. The summed E-state index contributed by atoms with van der Waals surface area (Å²) in [7, 11) is 0. The van der Waals surface area contributed by atoms with Gasteiger partial charge in [0.25, 0.3) is 0 Å². The van der Waals surface area contributed by atoms with E-state index in [1.54, 1.807) is 13.3 Å². The van der Waals surface area contributed by atoms with Crippen LogP contribution in [0.5, 0.6) is 0 Å². The zero-order chi connectivity index (χ0) is 14.0. The first-order valence-electron chi connectivity index (χ1n) is 8.62. The number of hydrogen-bond donors (Lipinski definition) is 0. The average Bonchev–Trinajstić information content (AvgIpc) is 2.48. The van der Waals surface area contributed by atoms with E-state index in [9.17, 15) is 0 Å². The Morgan fingerprint density at radius 2 is 1.47 bits per heavy atom. The summed E-state index contributed by atoms with van der Waals surface area (Å²) >= 11 is 0.281. The van der Waals surface area contributed by atoms with Crippen molar-refractivity contribution in [1.29, 1.82) is 0 Å². The first-order chi connectivity index (χ1) is 9.29. The number of thioether (sulfide) groups is 1. The average molecular weight is 389 g/mol. The van der Waals surface area contributed by atoms with Crippen molar-refractivity contribution in [1.82, 2.24) is 0 Å². The summed E-state index contributed by atoms with van der Waals surface area (Å²) in [5.74, 6) is 1.41. The second-order valence-electron chi connectivity index (χ2n) is 6.15. The Morgan fingerprint density at radius 1 is 0.947 bits per heavy atom. The molecule has 0 saturated heterocycles. The van der Waals surface area contributed by atoms with Gasteiger partial charge in [0.1, 0.15) is 0 Å². The van der Waals surface area contributed by atoms with Gasteiger partial charge in [-0.05, 0) is 0 Å². The standard InChI is InChI=1S/C5H7S.3C4H9.Sn/c1-2-4-6-5-3-1;3*1-3-4-2;/h2H,1,3,5H2;3*1,3-4H2,2H3;. The molecule has 2 heteroatoms. The second-order valence-corrected chi connectivity index (χ2v) is 21.4. The van der Waals surface area contributed by atoms with Crippen LogP contribution in [0.2, 0.25) is 13.3 Å². The van der Waals surface area contributed by atoms with E-state index in [4.69, 9.17) is 0 Å². The molecule has 0 saturated carbocycles. The summed E-state index contributed by atoms with van der Waals surface area (Å²) in [4.78, 5) is 0. The van der Waals surface area contributed by atoms with Crippen LogP contribution >= 0.6 is 11.8 Å². The van der Waals surface area contributed by atoms with Crippen molar-refractivity contribution in [2.45, 2.75) is 85.4 Å². The summed E-state index contributed by atoms with van der Waals surface area (Å²) in [6.45, 7) is 7.12. The number of hydrogen-bond acceptors (Lipinski definition) is 1. The fourth-order valence-electron chi connectivity index (χ4n) is 3.22. The van der Waals surface area contributed by atoms with E-state index < -0.39 is 18.4 Å². The minimum absolute atomic E-state index is 1.38. The van der Waals surface area contributed by atoms with Gasteiger partial charge >= 0.3 is 130 Å². The molecule has 0 aliphatic carbocycles. The molecule has 0 atom stereocenters. The fraction of sp³-hybridized carbons (Fsp3) is 0.882. The zero-order valence-electron chi connectivity index (χ0n) is 13.5. The van der Waals surface area contributed by atoms with Crippen LogP contribution in [0.4, 0.5) is 0 Å². The van der Waals surface area contributed by atoms with Gasteiger partial charge < -0.3 is 0 Å². The SMILES string of the molecule is CCC[CH2][Sn]([CH2]CCC)([CH2]CCC)[C]1=CCCCS1. The van der Waals surface area contributed by atoms with Gasteiger partial charge in [0.15, 0.2) is 0 Å². The Balaban J connectivity index is 2.82. The Kier molecular flexibility index (Phi) is 10.0. The van der Waals surface area contributed by atoms with Crippen LogP contribution in [0, 0.1) is 0 Å². The molecule has 0 fully saturated rings. The van der Waals surface area contributed by atoms with Crippen molar-refractivity contribution in [3.63, 3.8) is 0 Å². The Hall–Kier alpha value is 0.889. The third-order valence-electron chi connectivity index (χ3n) is 4.49. The molecule has 0 aromatic carbocycles. The Morgan fingerprint density at radius 3 is 1.84 bits per heavy atom. The molecule has 0 radical (unpaired) electrons. The van der Waals surface area contributed by atoms with Crippen molar-refractivity contribution in [3.8, 4) is 0 Å². The molecule has 1 aliphatic rings. The van der Waals surface area contributed by atoms with Crippen LogP contribution < -0.4 is 0 Å². The summed E-state index contributed by atoms with van der Waals surface area (Å²) in [6.07, 6.45) is 14.2. The Bertz CT molecular complexity index is 238. The van der Waals surface area contributed by atoms with Crippen molar-refractivity contribution in [3.05, 3.63) is 9.00 Å². The molecule has 0 bridgehead atoms. The third kappa shape index (κ3) is 6.03. The molecule has 0 amide bonds. The van der Waals surface area contributed by atoms with E-state index in [2.05, 4.69) is 38.6 Å². The van der Waals surface area contributed by atoms with Crippen LogP contribution in [-0.4, -0.2) is 24.1 Å². The minimum atomic E-state index is -1.99. The molecule has 1 rings (SSSR count). The summed E-state index contributed by atoms with van der Waals surface area (Å²) < 4.78 is 6.91. The normalized spacial score (nSPS) is 16.5. The quantitative estimate of drug-likeness (QED) is 0.371. The number of rotatable bonds is 10. The van der Waals surface area contributed by atoms with Gasteiger partial charge in [-0.3, -0.25) is 0 Å². The first-order valence-corrected chi connectivity index (χ1v) is 17.1. The molecule has 19 heavy (non-hydrogen) atoms. The van der Waals surface area contributed by atoms with E-state index >= 15 is 0 Å². The number of unbranched alkanes of at least 4 members (excludes halogenated alkanes) is 3. The van der Waals surface area contributed by atoms with Crippen LogP contribution in [0.25, 0.3) is 0 Å². The van der Waals surface area contributed by atoms with Crippen molar-refractivity contribution < 1.29 is 0 Å². The van der Waals surface area contributed by atoms with Crippen LogP contribution in [0.3, 0.4) is 0 Å². The van der Waals surface area contributed by atoms with E-state index in [1.165, 1.54) is 57.1 Å². The molecule has 0 aromatic rings. The molecule has 112 valence electrons. The molecule has 0 nitrogen and oxygen atoms in total. The Labute approximate surface area is 130 Å². The van der Waals surface area contributed by atoms with Crippen molar-refractivity contribution >= 4 is 30.1 Å². The van der Waals surface area contributed by atoms with E-state index in [0.717, 1.165) is 0 Å². The summed E-state index contributed by atoms with van der Waals surface area (Å²) in [5, 5.41) is 0. The van der Waals surface area contributed by atoms with Crippen LogP contribution in [0.15, 0.2) is 9.00 Å². The van der Waals surface area contributed by atoms with E-state index in [-0.39, 0.29) is 0 Å². The summed E-state index contributed by atoms with van der Waals surface area (Å²) in [6, 6.07) is 0. The van der Waals surface area contributed by atoms with Crippen molar-refractivity contribution in [2.24, 2.45) is 0 Å². The first kappa shape index (κ1) is 17.9. The molecule has 1 heterocycles. The second kappa shape index (κ2) is 10.6. The molecule has 1 aliphatic heterocycles. The van der Waals surface area contributed by atoms with Gasteiger partial charge in [-0.25, -0.2) is 0 Å².